The predicted molar refractivity (Wildman–Crippen MR) is 45.5 cm³/mol. The van der Waals surface area contributed by atoms with E-state index in [1.807, 2.05) is 0 Å². The van der Waals surface area contributed by atoms with E-state index < -0.39 is 5.60 Å². The molecule has 4 heteroatoms. The number of aliphatic hydroxyl groups is 1. The van der Waals surface area contributed by atoms with Crippen LogP contribution in [0.15, 0.2) is 24.8 Å². The van der Waals surface area contributed by atoms with Crippen LogP contribution in [0.25, 0.3) is 0 Å². The molecule has 12 heavy (non-hydrogen) atoms. The molecule has 0 spiro atoms. The van der Waals surface area contributed by atoms with Crippen molar-refractivity contribution in [3.63, 3.8) is 0 Å². The largest absolute Gasteiger partial charge is 0.384 e. The predicted octanol–water partition coefficient (Wildman–Crippen LogP) is 0.605. The molecule has 0 aliphatic carbocycles. The molecule has 0 saturated carbocycles. The second-order valence-corrected chi connectivity index (χ2v) is 3.15. The summed E-state index contributed by atoms with van der Waals surface area (Å²) in [5, 5.41) is 13.7. The average Bonchev–Trinajstić information content (AvgIpc) is 2.38. The molecule has 0 radical (unpaired) electrons. The fourth-order valence-electron chi connectivity index (χ4n) is 0.765. The standard InChI is InChI=1S/C8H13N3O/c1-7(2)8(3,12)4-11-6-9-5-10-11/h5-6,12H,1,4H2,2-3H3. The van der Waals surface area contributed by atoms with Crippen molar-refractivity contribution in [3.8, 4) is 0 Å². The highest BCUT2D eigenvalue weighted by atomic mass is 16.3. The van der Waals surface area contributed by atoms with Gasteiger partial charge < -0.3 is 5.11 Å². The highest BCUT2D eigenvalue weighted by Gasteiger charge is 2.21. The zero-order valence-electron chi connectivity index (χ0n) is 7.36. The van der Waals surface area contributed by atoms with Gasteiger partial charge in [-0.25, -0.2) is 9.67 Å². The second-order valence-electron chi connectivity index (χ2n) is 3.15. The Morgan fingerprint density at radius 3 is 2.83 bits per heavy atom. The van der Waals surface area contributed by atoms with Crippen molar-refractivity contribution in [1.29, 1.82) is 0 Å². The van der Waals surface area contributed by atoms with Crippen LogP contribution in [0, 0.1) is 0 Å². The third-order valence-electron chi connectivity index (χ3n) is 1.86. The zero-order valence-corrected chi connectivity index (χ0v) is 7.36. The molecule has 1 atom stereocenters. The van der Waals surface area contributed by atoms with Gasteiger partial charge >= 0.3 is 0 Å². The van der Waals surface area contributed by atoms with E-state index in [0.29, 0.717) is 6.54 Å². The minimum Gasteiger partial charge on any atom is -0.384 e. The lowest BCUT2D eigenvalue weighted by molar-refractivity contribution is 0.0757. The summed E-state index contributed by atoms with van der Waals surface area (Å²) in [7, 11) is 0. The monoisotopic (exact) mass is 167 g/mol. The third-order valence-corrected chi connectivity index (χ3v) is 1.86. The highest BCUT2D eigenvalue weighted by Crippen LogP contribution is 2.15. The zero-order chi connectivity index (χ0) is 9.19. The van der Waals surface area contributed by atoms with Crippen LogP contribution in [-0.4, -0.2) is 25.5 Å². The number of hydrogen-bond acceptors (Lipinski definition) is 3. The SMILES string of the molecule is C=C(C)C(C)(O)Cn1cncn1. The summed E-state index contributed by atoms with van der Waals surface area (Å²) >= 11 is 0. The highest BCUT2D eigenvalue weighted by molar-refractivity contribution is 5.06. The first-order valence-electron chi connectivity index (χ1n) is 3.73. The van der Waals surface area contributed by atoms with Gasteiger partial charge in [-0.15, -0.1) is 0 Å². The first kappa shape index (κ1) is 8.93. The molecule has 1 unspecified atom stereocenters. The minimum atomic E-state index is -0.909. The Morgan fingerprint density at radius 2 is 2.42 bits per heavy atom. The van der Waals surface area contributed by atoms with Gasteiger partial charge in [0.1, 0.15) is 18.3 Å². The fraction of sp³-hybridized carbons (Fsp3) is 0.500. The molecule has 0 saturated heterocycles. The maximum absolute atomic E-state index is 9.78. The molecule has 1 rings (SSSR count). The summed E-state index contributed by atoms with van der Waals surface area (Å²) in [5.74, 6) is 0. The van der Waals surface area contributed by atoms with Crippen molar-refractivity contribution >= 4 is 0 Å². The van der Waals surface area contributed by atoms with Gasteiger partial charge in [0.15, 0.2) is 0 Å². The fourth-order valence-corrected chi connectivity index (χ4v) is 0.765. The second kappa shape index (κ2) is 3.06. The lowest BCUT2D eigenvalue weighted by Gasteiger charge is -2.22. The van der Waals surface area contributed by atoms with Gasteiger partial charge in [0, 0.05) is 0 Å². The van der Waals surface area contributed by atoms with Crippen LogP contribution in [-0.2, 0) is 6.54 Å². The summed E-state index contributed by atoms with van der Waals surface area (Å²) in [6.45, 7) is 7.58. The molecule has 0 amide bonds. The van der Waals surface area contributed by atoms with Crippen molar-refractivity contribution in [1.82, 2.24) is 14.8 Å². The van der Waals surface area contributed by atoms with Gasteiger partial charge in [0.2, 0.25) is 0 Å². The molecule has 1 aromatic rings. The molecule has 1 aromatic heterocycles. The van der Waals surface area contributed by atoms with E-state index in [9.17, 15) is 5.11 Å². The lowest BCUT2D eigenvalue weighted by atomic mass is 9.99. The minimum absolute atomic E-state index is 0.391. The van der Waals surface area contributed by atoms with Gasteiger partial charge in [0.25, 0.3) is 0 Å². The topological polar surface area (TPSA) is 50.9 Å². The first-order valence-corrected chi connectivity index (χ1v) is 3.73. The van der Waals surface area contributed by atoms with Crippen molar-refractivity contribution < 1.29 is 5.11 Å². The molecule has 4 nitrogen and oxygen atoms in total. The molecule has 0 fully saturated rings. The molecule has 0 bridgehead atoms. The molecular weight excluding hydrogens is 154 g/mol. The summed E-state index contributed by atoms with van der Waals surface area (Å²) in [6.07, 6.45) is 3.01. The van der Waals surface area contributed by atoms with Crippen LogP contribution >= 0.6 is 0 Å². The third kappa shape index (κ3) is 1.92. The van der Waals surface area contributed by atoms with Crippen LogP contribution in [0.3, 0.4) is 0 Å². The maximum atomic E-state index is 9.78. The molecule has 0 aliphatic rings. The Labute approximate surface area is 71.6 Å². The van der Waals surface area contributed by atoms with Gasteiger partial charge in [-0.1, -0.05) is 6.58 Å². The molecule has 1 N–H and O–H groups in total. The average molecular weight is 167 g/mol. The Balaban J connectivity index is 2.69. The number of aromatic nitrogens is 3. The van der Waals surface area contributed by atoms with Crippen molar-refractivity contribution in [2.45, 2.75) is 26.0 Å². The van der Waals surface area contributed by atoms with E-state index in [4.69, 9.17) is 0 Å². The molecular formula is C8H13N3O. The van der Waals surface area contributed by atoms with Crippen molar-refractivity contribution in [2.24, 2.45) is 0 Å². The van der Waals surface area contributed by atoms with Crippen LogP contribution in [0.4, 0.5) is 0 Å². The van der Waals surface area contributed by atoms with E-state index in [1.54, 1.807) is 24.9 Å². The smallest absolute Gasteiger partial charge is 0.137 e. The van der Waals surface area contributed by atoms with Gasteiger partial charge in [0.05, 0.1) is 6.54 Å². The van der Waals surface area contributed by atoms with Gasteiger partial charge in [-0.2, -0.15) is 5.10 Å². The van der Waals surface area contributed by atoms with Gasteiger partial charge in [-0.05, 0) is 19.4 Å². The maximum Gasteiger partial charge on any atom is 0.137 e. The molecule has 0 aliphatic heterocycles. The summed E-state index contributed by atoms with van der Waals surface area (Å²) in [6, 6.07) is 0. The quantitative estimate of drug-likeness (QED) is 0.671. The van der Waals surface area contributed by atoms with Crippen molar-refractivity contribution in [2.75, 3.05) is 0 Å². The number of rotatable bonds is 3. The number of nitrogens with zero attached hydrogens (tertiary/aromatic N) is 3. The Morgan fingerprint density at radius 1 is 1.75 bits per heavy atom. The van der Waals surface area contributed by atoms with Crippen LogP contribution < -0.4 is 0 Å². The van der Waals surface area contributed by atoms with E-state index in [0.717, 1.165) is 5.57 Å². The Hall–Kier alpha value is -1.16. The summed E-state index contributed by atoms with van der Waals surface area (Å²) in [4.78, 5) is 3.78. The molecule has 66 valence electrons. The summed E-state index contributed by atoms with van der Waals surface area (Å²) in [5.41, 5.74) is -0.189. The van der Waals surface area contributed by atoms with E-state index in [-0.39, 0.29) is 0 Å². The van der Waals surface area contributed by atoms with Gasteiger partial charge in [-0.3, -0.25) is 0 Å². The van der Waals surface area contributed by atoms with Crippen LogP contribution in [0.1, 0.15) is 13.8 Å². The summed E-state index contributed by atoms with van der Waals surface area (Å²) < 4.78 is 1.58. The first-order chi connectivity index (χ1) is 5.52. The van der Waals surface area contributed by atoms with E-state index in [1.165, 1.54) is 6.33 Å². The number of hydrogen-bond donors (Lipinski definition) is 1. The van der Waals surface area contributed by atoms with E-state index in [2.05, 4.69) is 16.7 Å². The molecule has 0 aromatic carbocycles. The van der Waals surface area contributed by atoms with E-state index >= 15 is 0 Å². The van der Waals surface area contributed by atoms with Crippen molar-refractivity contribution in [3.05, 3.63) is 24.8 Å². The van der Waals surface area contributed by atoms with Crippen LogP contribution in [0.5, 0.6) is 0 Å². The van der Waals surface area contributed by atoms with Crippen LogP contribution in [0.2, 0.25) is 0 Å². The Kier molecular flexibility index (Phi) is 2.28. The molecule has 1 heterocycles. The Bertz CT molecular complexity index is 264. The lowest BCUT2D eigenvalue weighted by Crippen LogP contribution is -2.31. The normalized spacial score (nSPS) is 15.6.